The summed E-state index contributed by atoms with van der Waals surface area (Å²) in [6, 6.07) is 28.6. The largest absolute Gasteiger partial charge is 0.353 e. The number of fused-ring (bicyclic) bond motifs is 6. The number of unbranched alkanes of at least 4 members (excludes halogenated alkanes) is 9. The Morgan fingerprint density at radius 2 is 1.06 bits per heavy atom. The number of hydrogen-bond acceptors (Lipinski definition) is 8. The van der Waals surface area contributed by atoms with Gasteiger partial charge in [-0.3, -0.25) is 10.4 Å². The molecule has 0 saturated carbocycles. The van der Waals surface area contributed by atoms with Gasteiger partial charge in [0.2, 0.25) is 0 Å². The quantitative estimate of drug-likeness (QED) is 0.112. The minimum Gasteiger partial charge on any atom is -0.353 e. The average Bonchev–Trinajstić information content (AvgIpc) is 3.31. The highest BCUT2D eigenvalue weighted by Crippen LogP contribution is 2.46. The summed E-state index contributed by atoms with van der Waals surface area (Å²) in [6.45, 7) is 14.3. The number of anilines is 6. The third kappa shape index (κ3) is 7.87. The highest BCUT2D eigenvalue weighted by Gasteiger charge is 2.52. The van der Waals surface area contributed by atoms with Crippen molar-refractivity contribution in [2.75, 3.05) is 30.9 Å². The van der Waals surface area contributed by atoms with E-state index in [2.05, 4.69) is 155 Å². The number of nitrogens with zero attached hydrogens (tertiary/aromatic N) is 5. The first-order valence-corrected chi connectivity index (χ1v) is 21.7. The topological polar surface area (TPSA) is 52.3 Å². The maximum atomic E-state index is 4.14. The van der Waals surface area contributed by atoms with Crippen LogP contribution in [0, 0.1) is 0 Å². The van der Waals surface area contributed by atoms with Crippen LogP contribution in [0.5, 0.6) is 0 Å². The Hall–Kier alpha value is -4.04. The van der Waals surface area contributed by atoms with Gasteiger partial charge in [-0.05, 0) is 113 Å². The predicted molar refractivity (Wildman–Crippen MR) is 231 cm³/mol. The zero-order valence-corrected chi connectivity index (χ0v) is 34.2. The first kappa shape index (κ1) is 38.2. The molecular weight excluding hydrogens is 665 g/mol. The Morgan fingerprint density at radius 1 is 0.537 bits per heavy atom. The van der Waals surface area contributed by atoms with Crippen molar-refractivity contribution in [2.24, 2.45) is 0 Å². The molecule has 292 valence electrons. The molecule has 7 aliphatic rings. The van der Waals surface area contributed by atoms with Crippen molar-refractivity contribution in [3.8, 4) is 0 Å². The third-order valence-corrected chi connectivity index (χ3v) is 12.2. The van der Waals surface area contributed by atoms with Gasteiger partial charge in [-0.1, -0.05) is 97.8 Å². The van der Waals surface area contributed by atoms with Crippen LogP contribution >= 0.6 is 0 Å². The van der Waals surface area contributed by atoms with Gasteiger partial charge in [-0.2, -0.15) is 0 Å². The highest BCUT2D eigenvalue weighted by atomic mass is 15.8. The van der Waals surface area contributed by atoms with Crippen molar-refractivity contribution < 1.29 is 0 Å². The number of hydrazine groups is 2. The van der Waals surface area contributed by atoms with Crippen LogP contribution < -0.4 is 30.9 Å². The molecule has 7 heterocycles. The van der Waals surface area contributed by atoms with Crippen molar-refractivity contribution in [3.63, 3.8) is 0 Å². The van der Waals surface area contributed by atoms with Crippen LogP contribution in [0.1, 0.15) is 138 Å². The first-order valence-electron chi connectivity index (χ1n) is 21.7. The Balaban J connectivity index is 1.46. The fourth-order valence-electron chi connectivity index (χ4n) is 9.25. The van der Waals surface area contributed by atoms with Crippen LogP contribution in [0.4, 0.5) is 34.1 Å². The second kappa shape index (κ2) is 17.6. The summed E-state index contributed by atoms with van der Waals surface area (Å²) in [4.78, 5) is 5.41. The molecule has 10 bridgehead atoms. The number of benzene rings is 3. The molecule has 54 heavy (non-hydrogen) atoms. The van der Waals surface area contributed by atoms with E-state index >= 15 is 0 Å². The summed E-state index contributed by atoms with van der Waals surface area (Å²) in [5.41, 5.74) is 12.3. The molecule has 6 unspecified atom stereocenters. The Morgan fingerprint density at radius 3 is 1.67 bits per heavy atom. The summed E-state index contributed by atoms with van der Waals surface area (Å²) in [5.74, 6) is 1.19. The smallest absolute Gasteiger partial charge is 0.197 e. The second-order valence-electron chi connectivity index (χ2n) is 16.5. The van der Waals surface area contributed by atoms with E-state index in [1.165, 1.54) is 106 Å². The molecule has 0 saturated heterocycles. The van der Waals surface area contributed by atoms with E-state index in [9.17, 15) is 0 Å². The van der Waals surface area contributed by atoms with Crippen molar-refractivity contribution in [2.45, 2.75) is 168 Å². The maximum absolute atomic E-state index is 4.14. The number of hydrogen-bond donors (Lipinski definition) is 3. The lowest BCUT2D eigenvalue weighted by molar-refractivity contribution is 0.0267. The van der Waals surface area contributed by atoms with Gasteiger partial charge in [0.1, 0.15) is 6.17 Å². The van der Waals surface area contributed by atoms with Crippen LogP contribution in [-0.4, -0.2) is 40.6 Å². The van der Waals surface area contributed by atoms with E-state index < -0.39 is 0 Å². The molecule has 3 aromatic carbocycles. The van der Waals surface area contributed by atoms with Crippen LogP contribution in [0.3, 0.4) is 0 Å². The minimum absolute atomic E-state index is 0.111. The summed E-state index contributed by atoms with van der Waals surface area (Å²) in [5, 5.41) is 16.1. The highest BCUT2D eigenvalue weighted by molar-refractivity contribution is 5.69. The summed E-state index contributed by atoms with van der Waals surface area (Å²) < 4.78 is 0. The molecule has 0 amide bonds. The molecule has 3 aromatic rings. The number of rotatable bonds is 18. The lowest BCUT2D eigenvalue weighted by atomic mass is 10.0. The van der Waals surface area contributed by atoms with E-state index in [4.69, 9.17) is 0 Å². The average molecular weight is 733 g/mol. The molecule has 8 heteroatoms. The van der Waals surface area contributed by atoms with E-state index in [0.717, 1.165) is 36.3 Å². The van der Waals surface area contributed by atoms with Gasteiger partial charge in [0.05, 0.1) is 17.1 Å². The van der Waals surface area contributed by atoms with Crippen molar-refractivity contribution in [3.05, 3.63) is 84.3 Å². The van der Waals surface area contributed by atoms with Crippen molar-refractivity contribution >= 4 is 34.1 Å². The van der Waals surface area contributed by atoms with Gasteiger partial charge in [-0.25, -0.2) is 5.01 Å². The lowest BCUT2D eigenvalue weighted by Crippen LogP contribution is -2.74. The molecule has 3 N–H and O–H groups in total. The van der Waals surface area contributed by atoms with Crippen molar-refractivity contribution in [1.82, 2.24) is 10.0 Å². The fourth-order valence-corrected chi connectivity index (χ4v) is 9.25. The zero-order valence-electron chi connectivity index (χ0n) is 34.2. The molecule has 8 nitrogen and oxygen atoms in total. The van der Waals surface area contributed by atoms with Gasteiger partial charge in [0.25, 0.3) is 0 Å². The van der Waals surface area contributed by atoms with Crippen LogP contribution in [0.25, 0.3) is 0 Å². The van der Waals surface area contributed by atoms with Gasteiger partial charge >= 0.3 is 0 Å². The molecule has 0 fully saturated rings. The Labute approximate surface area is 326 Å². The number of nitrogens with one attached hydrogen (secondary N) is 3. The van der Waals surface area contributed by atoms with Gasteiger partial charge in [0.15, 0.2) is 12.1 Å². The van der Waals surface area contributed by atoms with E-state index in [1.807, 2.05) is 0 Å². The standard InChI is InChI=1S/C46H68N8/c1-7-10-13-16-19-34(4)50-40-30-24-38(25-31-40)48-46-52-44(50)43-45(51(35(5)20-17-14-11-8-2)41-28-22-37(47-43)23-29-41)54(46)53(36(6)21-18-15-12-9-3)42-32-26-39(49-52)27-33-42/h22-36,45-49H,7-21H2,1-6H3. The molecule has 0 aliphatic carbocycles. The predicted octanol–water partition coefficient (Wildman–Crippen LogP) is 12.1. The molecule has 0 aromatic heterocycles. The maximum Gasteiger partial charge on any atom is 0.197 e. The summed E-state index contributed by atoms with van der Waals surface area (Å²) in [7, 11) is 0. The second-order valence-corrected chi connectivity index (χ2v) is 16.5. The molecule has 0 spiro atoms. The van der Waals surface area contributed by atoms with Crippen LogP contribution in [0.15, 0.2) is 84.3 Å². The Kier molecular flexibility index (Phi) is 12.5. The van der Waals surface area contributed by atoms with Gasteiger partial charge < -0.3 is 20.4 Å². The normalized spacial score (nSPS) is 21.3. The van der Waals surface area contributed by atoms with Crippen LogP contribution in [0.2, 0.25) is 0 Å². The van der Waals surface area contributed by atoms with E-state index in [-0.39, 0.29) is 24.5 Å². The lowest BCUT2D eigenvalue weighted by Gasteiger charge is -2.59. The molecule has 6 atom stereocenters. The van der Waals surface area contributed by atoms with Gasteiger partial charge in [-0.15, -0.1) is 5.01 Å². The fraction of sp³-hybridized carbons (Fsp3) is 0.565. The van der Waals surface area contributed by atoms with Crippen molar-refractivity contribution in [1.29, 1.82) is 0 Å². The van der Waals surface area contributed by atoms with E-state index in [1.54, 1.807) is 0 Å². The first-order chi connectivity index (χ1) is 26.4. The summed E-state index contributed by atoms with van der Waals surface area (Å²) in [6.07, 6.45) is 18.2. The Bertz CT molecular complexity index is 1650. The summed E-state index contributed by atoms with van der Waals surface area (Å²) >= 11 is 0. The van der Waals surface area contributed by atoms with E-state index in [0.29, 0.717) is 6.04 Å². The SMILES string of the molecule is CCCCCCC(C)N1C2=C3Nc4ccc(cc4)N(C(C)CCCCCC)C3N3C(Nc4ccc1cc4)N2Nc1ccc(cc1)N3C(C)CCCCCC. The monoisotopic (exact) mass is 733 g/mol. The minimum atomic E-state index is -0.235. The zero-order chi connectivity index (χ0) is 37.6. The third-order valence-electron chi connectivity index (χ3n) is 12.2. The molecule has 0 radical (unpaired) electrons. The molecule has 7 aliphatic heterocycles. The van der Waals surface area contributed by atoms with Gasteiger partial charge in [0, 0.05) is 40.9 Å². The molecule has 10 rings (SSSR count). The molecular formula is C46H68N8. The van der Waals surface area contributed by atoms with Crippen LogP contribution in [-0.2, 0) is 0 Å².